The van der Waals surface area contributed by atoms with Crippen LogP contribution in [-0.4, -0.2) is 6.67 Å². The summed E-state index contributed by atoms with van der Waals surface area (Å²) in [6.45, 7) is 0.295. The lowest BCUT2D eigenvalue weighted by Gasteiger charge is -2.36. The van der Waals surface area contributed by atoms with Crippen molar-refractivity contribution < 1.29 is 0 Å². The number of benzene rings is 2. The molecule has 0 fully saturated rings. The van der Waals surface area contributed by atoms with Gasteiger partial charge in [-0.15, -0.1) is 0 Å². The minimum absolute atomic E-state index is 0.295. The van der Waals surface area contributed by atoms with Gasteiger partial charge in [0.1, 0.15) is 11.9 Å². The van der Waals surface area contributed by atoms with Crippen molar-refractivity contribution in [1.29, 1.82) is 0 Å². The van der Waals surface area contributed by atoms with Gasteiger partial charge >= 0.3 is 0 Å². The molecule has 1 atom stereocenters. The minimum Gasteiger partial charge on any atom is -0.621 e. The maximum atomic E-state index is 12.8. The lowest BCUT2D eigenvalue weighted by molar-refractivity contribution is 0.530. The zero-order valence-electron chi connectivity index (χ0n) is 10.5. The Morgan fingerprint density at radius 2 is 1.45 bits per heavy atom. The summed E-state index contributed by atoms with van der Waals surface area (Å²) in [5, 5.41) is 14.1. The molecular formula is C15H12Cl2N2O. The number of rotatable bonds is 2. The summed E-state index contributed by atoms with van der Waals surface area (Å²) in [7, 11) is 0. The van der Waals surface area contributed by atoms with Gasteiger partial charge in [-0.25, -0.2) is 0 Å². The third kappa shape index (κ3) is 2.53. The second kappa shape index (κ2) is 5.11. The Kier molecular flexibility index (Phi) is 3.44. The van der Waals surface area contributed by atoms with Gasteiger partial charge < -0.3 is 5.21 Å². The van der Waals surface area contributed by atoms with Gasteiger partial charge in [0.25, 0.3) is 0 Å². The summed E-state index contributed by atoms with van der Waals surface area (Å²) in [5.74, 6) is 0. The summed E-state index contributed by atoms with van der Waals surface area (Å²) < 4.78 is -0.528. The number of hydrogen-bond acceptors (Lipinski definition) is 2. The molecule has 0 amide bonds. The molecule has 3 rings (SSSR count). The molecule has 2 aromatic rings. The zero-order valence-corrected chi connectivity index (χ0v) is 12.1. The Morgan fingerprint density at radius 3 is 2.05 bits per heavy atom. The van der Waals surface area contributed by atoms with Crippen LogP contribution < -0.4 is 9.55 Å². The summed E-state index contributed by atoms with van der Waals surface area (Å²) in [6, 6.07) is 14.4. The first kappa shape index (κ1) is 13.5. The number of anilines is 1. The largest absolute Gasteiger partial charge is 0.621 e. The highest BCUT2D eigenvalue weighted by Crippen LogP contribution is 2.31. The molecule has 0 saturated carbocycles. The molecular weight excluding hydrogens is 295 g/mol. The number of hydroxylamine groups is 2. The third-order valence-corrected chi connectivity index (χ3v) is 3.78. The van der Waals surface area contributed by atoms with E-state index in [1.807, 2.05) is 29.2 Å². The highest BCUT2D eigenvalue weighted by atomic mass is 35.5. The molecule has 0 spiro atoms. The van der Waals surface area contributed by atoms with Crippen LogP contribution in [-0.2, 0) is 0 Å². The maximum Gasteiger partial charge on any atom is 0.167 e. The fraction of sp³-hybridized carbons (Fsp3) is 0.0667. The number of halogens is 2. The minimum atomic E-state index is -0.528. The smallest absolute Gasteiger partial charge is 0.167 e. The predicted molar refractivity (Wildman–Crippen MR) is 84.6 cm³/mol. The van der Waals surface area contributed by atoms with Gasteiger partial charge in [0, 0.05) is 27.9 Å². The van der Waals surface area contributed by atoms with Crippen LogP contribution in [0.1, 0.15) is 0 Å². The van der Waals surface area contributed by atoms with E-state index in [9.17, 15) is 5.21 Å². The molecule has 1 aliphatic rings. The van der Waals surface area contributed by atoms with E-state index < -0.39 is 4.65 Å². The van der Waals surface area contributed by atoms with Gasteiger partial charge in [-0.1, -0.05) is 23.2 Å². The van der Waals surface area contributed by atoms with Crippen molar-refractivity contribution in [3.8, 4) is 0 Å². The molecule has 1 aliphatic heterocycles. The lowest BCUT2D eigenvalue weighted by Crippen LogP contribution is -2.40. The summed E-state index contributed by atoms with van der Waals surface area (Å²) in [4.78, 5) is 1.90. The van der Waals surface area contributed by atoms with E-state index in [-0.39, 0.29) is 0 Å². The van der Waals surface area contributed by atoms with E-state index in [0.717, 1.165) is 5.69 Å². The highest BCUT2D eigenvalue weighted by molar-refractivity contribution is 6.30. The molecule has 0 saturated heterocycles. The van der Waals surface area contributed by atoms with Gasteiger partial charge in [0.2, 0.25) is 0 Å². The first-order valence-electron chi connectivity index (χ1n) is 6.13. The van der Waals surface area contributed by atoms with Gasteiger partial charge in [-0.2, -0.15) is 0 Å². The van der Waals surface area contributed by atoms with Gasteiger partial charge in [-0.3, -0.25) is 9.55 Å². The van der Waals surface area contributed by atoms with Crippen LogP contribution in [0.4, 0.5) is 11.4 Å². The molecule has 2 aromatic carbocycles. The summed E-state index contributed by atoms with van der Waals surface area (Å²) >= 11 is 11.7. The Bertz CT molecular complexity index is 640. The molecule has 1 unspecified atom stereocenters. The Morgan fingerprint density at radius 1 is 0.900 bits per heavy atom. The highest BCUT2D eigenvalue weighted by Gasteiger charge is 2.27. The number of hydrogen-bond donors (Lipinski definition) is 0. The molecule has 5 heteroatoms. The third-order valence-electron chi connectivity index (χ3n) is 3.27. The van der Waals surface area contributed by atoms with Crippen molar-refractivity contribution in [2.75, 3.05) is 11.6 Å². The molecule has 0 bridgehead atoms. The first-order chi connectivity index (χ1) is 9.57. The van der Waals surface area contributed by atoms with Crippen LogP contribution in [0.5, 0.6) is 0 Å². The quantitative estimate of drug-likeness (QED) is 0.591. The first-order valence-corrected chi connectivity index (χ1v) is 6.89. The number of quaternary nitrogens is 1. The SMILES string of the molecule is [O-][N+]1(c2ccc(Cl)cc2)C=CN(c2ccc(Cl)cc2)C1. The van der Waals surface area contributed by atoms with Crippen LogP contribution in [0, 0.1) is 5.21 Å². The molecule has 0 radical (unpaired) electrons. The topological polar surface area (TPSA) is 26.3 Å². The van der Waals surface area contributed by atoms with Crippen molar-refractivity contribution in [2.45, 2.75) is 0 Å². The average Bonchev–Trinajstić information content (AvgIpc) is 2.84. The molecule has 3 nitrogen and oxygen atoms in total. The van der Waals surface area contributed by atoms with Crippen LogP contribution in [0.2, 0.25) is 10.0 Å². The van der Waals surface area contributed by atoms with Crippen molar-refractivity contribution >= 4 is 34.6 Å². The van der Waals surface area contributed by atoms with E-state index in [1.165, 1.54) is 0 Å². The predicted octanol–water partition coefficient (Wildman–Crippen LogP) is 4.75. The lowest BCUT2D eigenvalue weighted by atomic mass is 10.3. The van der Waals surface area contributed by atoms with Gasteiger partial charge in [0.05, 0.1) is 6.20 Å². The number of nitrogens with zero attached hydrogens (tertiary/aromatic N) is 2. The van der Waals surface area contributed by atoms with Crippen molar-refractivity contribution in [3.05, 3.63) is 76.2 Å². The molecule has 102 valence electrons. The molecule has 1 heterocycles. The standard InChI is InChI=1S/C15H12Cl2N2O/c16-12-1-5-14(6-2-12)18-9-10-19(20,11-18)15-7-3-13(17)4-8-15/h1-10H,11H2. The summed E-state index contributed by atoms with van der Waals surface area (Å²) in [5.41, 5.74) is 1.59. The van der Waals surface area contributed by atoms with E-state index in [1.54, 1.807) is 36.7 Å². The van der Waals surface area contributed by atoms with Crippen LogP contribution in [0.25, 0.3) is 0 Å². The van der Waals surface area contributed by atoms with Crippen molar-refractivity contribution in [1.82, 2.24) is 4.65 Å². The normalized spacial score (nSPS) is 21.4. The Balaban J connectivity index is 1.84. The molecule has 0 aliphatic carbocycles. The van der Waals surface area contributed by atoms with E-state index in [0.29, 0.717) is 22.4 Å². The Labute approximate surface area is 127 Å². The maximum absolute atomic E-state index is 12.8. The second-order valence-electron chi connectivity index (χ2n) is 4.66. The van der Waals surface area contributed by atoms with Crippen molar-refractivity contribution in [2.24, 2.45) is 0 Å². The molecule has 0 N–H and O–H groups in total. The molecule has 0 aromatic heterocycles. The monoisotopic (exact) mass is 306 g/mol. The van der Waals surface area contributed by atoms with Gasteiger partial charge in [-0.05, 0) is 36.4 Å². The van der Waals surface area contributed by atoms with Crippen LogP contribution in [0.3, 0.4) is 0 Å². The van der Waals surface area contributed by atoms with E-state index >= 15 is 0 Å². The fourth-order valence-electron chi connectivity index (χ4n) is 2.17. The second-order valence-corrected chi connectivity index (χ2v) is 5.53. The van der Waals surface area contributed by atoms with Crippen molar-refractivity contribution in [3.63, 3.8) is 0 Å². The van der Waals surface area contributed by atoms with E-state index in [2.05, 4.69) is 0 Å². The summed E-state index contributed by atoms with van der Waals surface area (Å²) in [6.07, 6.45) is 3.42. The van der Waals surface area contributed by atoms with Crippen LogP contribution >= 0.6 is 23.2 Å². The zero-order chi connectivity index (χ0) is 14.2. The average molecular weight is 307 g/mol. The van der Waals surface area contributed by atoms with E-state index in [4.69, 9.17) is 23.2 Å². The fourth-order valence-corrected chi connectivity index (χ4v) is 2.42. The van der Waals surface area contributed by atoms with Crippen LogP contribution in [0.15, 0.2) is 60.9 Å². The molecule has 20 heavy (non-hydrogen) atoms. The van der Waals surface area contributed by atoms with Gasteiger partial charge in [0.15, 0.2) is 6.67 Å². The Hall–Kier alpha value is -1.52.